The van der Waals surface area contributed by atoms with Gasteiger partial charge in [0.15, 0.2) is 10.6 Å². The molecule has 0 amide bonds. The van der Waals surface area contributed by atoms with Crippen molar-refractivity contribution in [2.75, 3.05) is 13.7 Å². The number of methoxy groups -OCH3 is 1. The number of benzene rings is 3. The number of carbonyl (C=O) groups is 1. The van der Waals surface area contributed by atoms with Gasteiger partial charge in [-0.15, -0.1) is 0 Å². The maximum Gasteiger partial charge on any atom is 0.338 e. The van der Waals surface area contributed by atoms with Crippen molar-refractivity contribution in [1.29, 1.82) is 0 Å². The van der Waals surface area contributed by atoms with Crippen molar-refractivity contribution in [3.05, 3.63) is 122 Å². The van der Waals surface area contributed by atoms with Crippen LogP contribution in [0.3, 0.4) is 0 Å². The molecule has 0 N–H and O–H groups in total. The van der Waals surface area contributed by atoms with Crippen molar-refractivity contribution in [2.45, 2.75) is 26.5 Å². The summed E-state index contributed by atoms with van der Waals surface area (Å²) >= 11 is 26.0. The molecule has 0 bridgehead atoms. The number of thiazole rings is 1. The van der Waals surface area contributed by atoms with Gasteiger partial charge in [0.1, 0.15) is 12.4 Å². The highest BCUT2D eigenvalue weighted by molar-refractivity contribution is 7.07. The molecule has 0 radical (unpaired) electrons. The highest BCUT2D eigenvalue weighted by Crippen LogP contribution is 2.37. The predicted octanol–water partition coefficient (Wildman–Crippen LogP) is 7.00. The number of esters is 1. The van der Waals surface area contributed by atoms with E-state index in [-0.39, 0.29) is 28.8 Å². The van der Waals surface area contributed by atoms with E-state index in [1.165, 1.54) is 15.9 Å². The molecular formula is C31H24Cl4N2O5S. The molecule has 12 heteroatoms. The smallest absolute Gasteiger partial charge is 0.338 e. The minimum absolute atomic E-state index is 0.0891. The van der Waals surface area contributed by atoms with Crippen molar-refractivity contribution in [3.63, 3.8) is 0 Å². The molecule has 0 spiro atoms. The van der Waals surface area contributed by atoms with Gasteiger partial charge in [0.2, 0.25) is 0 Å². The van der Waals surface area contributed by atoms with Crippen LogP contribution in [0.15, 0.2) is 75.7 Å². The molecule has 0 fully saturated rings. The third-order valence-corrected chi connectivity index (χ3v) is 8.65. The summed E-state index contributed by atoms with van der Waals surface area (Å²) in [4.78, 5) is 32.1. The Morgan fingerprint density at radius 1 is 1.02 bits per heavy atom. The molecule has 222 valence electrons. The van der Waals surface area contributed by atoms with E-state index in [1.807, 2.05) is 12.1 Å². The summed E-state index contributed by atoms with van der Waals surface area (Å²) in [5, 5.41) is 1.49. The highest BCUT2D eigenvalue weighted by Gasteiger charge is 2.33. The van der Waals surface area contributed by atoms with Crippen LogP contribution in [-0.4, -0.2) is 24.3 Å². The molecule has 0 saturated heterocycles. The number of ether oxygens (including phenoxy) is 3. The van der Waals surface area contributed by atoms with Crippen LogP contribution >= 0.6 is 57.7 Å². The molecule has 1 aromatic heterocycles. The Hall–Kier alpha value is -3.27. The number of aromatic nitrogens is 1. The van der Waals surface area contributed by atoms with E-state index in [1.54, 1.807) is 69.5 Å². The topological polar surface area (TPSA) is 79.1 Å². The quantitative estimate of drug-likeness (QED) is 0.188. The molecule has 1 atom stereocenters. The van der Waals surface area contributed by atoms with Crippen LogP contribution in [0.25, 0.3) is 6.08 Å². The van der Waals surface area contributed by atoms with Gasteiger partial charge in [0, 0.05) is 15.6 Å². The first-order valence-electron chi connectivity index (χ1n) is 13.0. The fraction of sp³-hybridized carbons (Fsp3) is 0.194. The summed E-state index contributed by atoms with van der Waals surface area (Å²) in [6.45, 7) is 3.74. The molecule has 0 unspecified atom stereocenters. The van der Waals surface area contributed by atoms with Crippen LogP contribution in [-0.2, 0) is 16.1 Å². The third kappa shape index (κ3) is 6.49. The predicted molar refractivity (Wildman–Crippen MR) is 171 cm³/mol. The summed E-state index contributed by atoms with van der Waals surface area (Å²) < 4.78 is 18.8. The summed E-state index contributed by atoms with van der Waals surface area (Å²) in [5.74, 6) is 0.347. The van der Waals surface area contributed by atoms with Gasteiger partial charge < -0.3 is 14.2 Å². The number of carbonyl (C=O) groups excluding carboxylic acids is 1. The monoisotopic (exact) mass is 676 g/mol. The first-order valence-corrected chi connectivity index (χ1v) is 15.3. The van der Waals surface area contributed by atoms with Gasteiger partial charge in [-0.25, -0.2) is 9.79 Å². The van der Waals surface area contributed by atoms with E-state index in [4.69, 9.17) is 60.6 Å². The molecule has 0 saturated carbocycles. The zero-order valence-corrected chi connectivity index (χ0v) is 27.0. The summed E-state index contributed by atoms with van der Waals surface area (Å²) in [6, 6.07) is 14.8. The molecule has 3 aromatic carbocycles. The van der Waals surface area contributed by atoms with Crippen molar-refractivity contribution in [2.24, 2.45) is 4.99 Å². The van der Waals surface area contributed by atoms with E-state index in [9.17, 15) is 9.59 Å². The number of fused-ring (bicyclic) bond motifs is 1. The first-order chi connectivity index (χ1) is 20.6. The maximum atomic E-state index is 13.9. The van der Waals surface area contributed by atoms with Crippen LogP contribution in [0.4, 0.5) is 0 Å². The second-order valence-corrected chi connectivity index (χ2v) is 12.1. The van der Waals surface area contributed by atoms with E-state index < -0.39 is 12.0 Å². The van der Waals surface area contributed by atoms with Crippen LogP contribution in [0.2, 0.25) is 20.1 Å². The Morgan fingerprint density at radius 2 is 1.72 bits per heavy atom. The lowest BCUT2D eigenvalue weighted by molar-refractivity contribution is -0.139. The average molecular weight is 678 g/mol. The SMILES string of the molecule is CCOC(=O)C1=C(C)N=c2s/c(=C/c3ccc(OC)c(COc4c(Cl)cc(Cl)cc4Cl)c3)c(=O)n2[C@H]1c1ccc(Cl)cc1. The lowest BCUT2D eigenvalue weighted by atomic mass is 9.96. The normalized spacial score (nSPS) is 14.8. The van der Waals surface area contributed by atoms with Crippen LogP contribution < -0.4 is 24.4 Å². The molecule has 7 nitrogen and oxygen atoms in total. The zero-order chi connectivity index (χ0) is 30.8. The van der Waals surface area contributed by atoms with Gasteiger partial charge >= 0.3 is 5.97 Å². The molecule has 1 aliphatic heterocycles. The average Bonchev–Trinajstić information content (AvgIpc) is 3.26. The summed E-state index contributed by atoms with van der Waals surface area (Å²) in [7, 11) is 1.55. The van der Waals surface area contributed by atoms with Crippen molar-refractivity contribution in [1.82, 2.24) is 4.57 Å². The van der Waals surface area contributed by atoms with Gasteiger partial charge in [-0.1, -0.05) is 75.9 Å². The minimum Gasteiger partial charge on any atom is -0.496 e. The number of hydrogen-bond donors (Lipinski definition) is 0. The van der Waals surface area contributed by atoms with Gasteiger partial charge in [0.05, 0.1) is 45.6 Å². The number of nitrogens with zero attached hydrogens (tertiary/aromatic N) is 2. The molecule has 5 rings (SSSR count). The number of halogens is 4. The highest BCUT2D eigenvalue weighted by atomic mass is 35.5. The Kier molecular flexibility index (Phi) is 9.54. The van der Waals surface area contributed by atoms with E-state index in [0.29, 0.717) is 53.3 Å². The second kappa shape index (κ2) is 13.2. The standard InChI is InChI=1S/C31H24Cl4N2O5S/c1-4-41-30(39)26-16(2)36-31-37(27(26)18-6-8-20(32)9-7-18)29(38)25(43-31)12-17-5-10-24(40-3)19(11-17)15-42-28-22(34)13-21(33)14-23(28)35/h5-14,27H,4,15H2,1-3H3/b25-12+/t27-/m0/s1. The van der Waals surface area contributed by atoms with Gasteiger partial charge in [-0.3, -0.25) is 9.36 Å². The lowest BCUT2D eigenvalue weighted by Crippen LogP contribution is -2.39. The van der Waals surface area contributed by atoms with Crippen molar-refractivity contribution in [3.8, 4) is 11.5 Å². The fourth-order valence-corrected chi connectivity index (χ4v) is 6.82. The Morgan fingerprint density at radius 3 is 2.37 bits per heavy atom. The molecule has 0 aliphatic carbocycles. The Labute approximate surface area is 271 Å². The molecule has 1 aliphatic rings. The largest absolute Gasteiger partial charge is 0.496 e. The van der Waals surface area contributed by atoms with E-state index in [0.717, 1.165) is 5.56 Å². The summed E-state index contributed by atoms with van der Waals surface area (Å²) in [5.41, 5.74) is 2.61. The number of rotatable bonds is 8. The fourth-order valence-electron chi connectivity index (χ4n) is 4.72. The van der Waals surface area contributed by atoms with E-state index in [2.05, 4.69) is 4.99 Å². The van der Waals surface area contributed by atoms with Crippen LogP contribution in [0, 0.1) is 0 Å². The van der Waals surface area contributed by atoms with Crippen molar-refractivity contribution < 1.29 is 19.0 Å². The van der Waals surface area contributed by atoms with Crippen LogP contribution in [0.5, 0.6) is 11.5 Å². The van der Waals surface area contributed by atoms with Crippen LogP contribution in [0.1, 0.15) is 36.6 Å². The molecular weight excluding hydrogens is 654 g/mol. The molecule has 4 aromatic rings. The Balaban J connectivity index is 1.57. The lowest BCUT2D eigenvalue weighted by Gasteiger charge is -2.24. The molecule has 2 heterocycles. The molecule has 43 heavy (non-hydrogen) atoms. The van der Waals surface area contributed by atoms with E-state index >= 15 is 0 Å². The summed E-state index contributed by atoms with van der Waals surface area (Å²) in [6.07, 6.45) is 1.76. The first kappa shape index (κ1) is 31.2. The zero-order valence-electron chi connectivity index (χ0n) is 23.1. The van der Waals surface area contributed by atoms with Gasteiger partial charge in [-0.05, 0) is 67.4 Å². The second-order valence-electron chi connectivity index (χ2n) is 9.41. The van der Waals surface area contributed by atoms with Crippen molar-refractivity contribution >= 4 is 69.8 Å². The van der Waals surface area contributed by atoms with Gasteiger partial charge in [0.25, 0.3) is 5.56 Å². The number of hydrogen-bond acceptors (Lipinski definition) is 7. The maximum absolute atomic E-state index is 13.9. The third-order valence-electron chi connectivity index (χ3n) is 6.64. The minimum atomic E-state index is -0.733. The van der Waals surface area contributed by atoms with Gasteiger partial charge in [-0.2, -0.15) is 0 Å². The Bertz CT molecular complexity index is 1910. The number of allylic oxidation sites excluding steroid dienone is 1.